The molecule has 0 radical (unpaired) electrons. The van der Waals surface area contributed by atoms with E-state index in [4.69, 9.17) is 4.74 Å². The molecule has 6 heteroatoms. The minimum atomic E-state index is -0.468. The zero-order valence-electron chi connectivity index (χ0n) is 12.3. The summed E-state index contributed by atoms with van der Waals surface area (Å²) in [7, 11) is 1.38. The summed E-state index contributed by atoms with van der Waals surface area (Å²) in [6.07, 6.45) is 3.79. The summed E-state index contributed by atoms with van der Waals surface area (Å²) in [6, 6.07) is -0.358. The van der Waals surface area contributed by atoms with E-state index in [-0.39, 0.29) is 12.0 Å². The number of aliphatic hydroxyl groups is 1. The molecule has 0 bridgehead atoms. The minimum absolute atomic E-state index is 0.281. The van der Waals surface area contributed by atoms with E-state index in [1.807, 2.05) is 22.0 Å². The van der Waals surface area contributed by atoms with Crippen LogP contribution >= 0.6 is 0 Å². The fourth-order valence-corrected chi connectivity index (χ4v) is 2.63. The maximum atomic E-state index is 11.7. The van der Waals surface area contributed by atoms with E-state index in [0.29, 0.717) is 25.4 Å². The lowest BCUT2D eigenvalue weighted by atomic mass is 10.2. The van der Waals surface area contributed by atoms with Crippen LogP contribution in [0.3, 0.4) is 0 Å². The molecule has 6 nitrogen and oxygen atoms in total. The van der Waals surface area contributed by atoms with Crippen LogP contribution in [0, 0.1) is 5.92 Å². The third-order valence-corrected chi connectivity index (χ3v) is 3.48. The number of carbonyl (C=O) groups excluding carboxylic acids is 1. The summed E-state index contributed by atoms with van der Waals surface area (Å²) < 4.78 is 6.71. The number of β-amino-alcohol motifs (C(OH)–C–C–N with tert-alkyl or cyclic N) is 1. The van der Waals surface area contributed by atoms with Crippen LogP contribution in [-0.2, 0) is 22.6 Å². The standard InChI is InChI=1S/C14H23N3O3/c1-10(2)6-17-8-11(5-15-17)7-16-9-12(18)4-13(16)14(19)20-3/h5,8,10,12-13,18H,4,6-7,9H2,1-3H3/t12-,13+/m0/s1. The van der Waals surface area contributed by atoms with Crippen LogP contribution in [0.1, 0.15) is 25.8 Å². The lowest BCUT2D eigenvalue weighted by Gasteiger charge is -2.21. The number of aromatic nitrogens is 2. The predicted molar refractivity (Wildman–Crippen MR) is 73.9 cm³/mol. The number of rotatable bonds is 5. The van der Waals surface area contributed by atoms with Gasteiger partial charge in [-0.2, -0.15) is 5.10 Å². The van der Waals surface area contributed by atoms with Gasteiger partial charge in [0, 0.05) is 37.8 Å². The Morgan fingerprint density at radius 1 is 1.60 bits per heavy atom. The third kappa shape index (κ3) is 3.58. The second kappa shape index (κ2) is 6.37. The number of ether oxygens (including phenoxy) is 1. The first kappa shape index (κ1) is 15.0. The van der Waals surface area contributed by atoms with Crippen LogP contribution in [-0.4, -0.2) is 51.6 Å². The van der Waals surface area contributed by atoms with Crippen LogP contribution in [0.5, 0.6) is 0 Å². The molecule has 1 aliphatic rings. The second-order valence-corrected chi connectivity index (χ2v) is 5.82. The van der Waals surface area contributed by atoms with Gasteiger partial charge in [0.25, 0.3) is 0 Å². The first-order valence-electron chi connectivity index (χ1n) is 7.01. The SMILES string of the molecule is COC(=O)[C@H]1C[C@H](O)CN1Cc1cnn(CC(C)C)c1. The number of nitrogens with zero attached hydrogens (tertiary/aromatic N) is 3. The molecular formula is C14H23N3O3. The Morgan fingerprint density at radius 3 is 3.00 bits per heavy atom. The van der Waals surface area contributed by atoms with E-state index in [1.54, 1.807) is 0 Å². The fourth-order valence-electron chi connectivity index (χ4n) is 2.63. The summed E-state index contributed by atoms with van der Waals surface area (Å²) in [4.78, 5) is 13.7. The van der Waals surface area contributed by atoms with Gasteiger partial charge in [-0.05, 0) is 5.92 Å². The molecule has 1 aliphatic heterocycles. The van der Waals surface area contributed by atoms with Gasteiger partial charge in [0.05, 0.1) is 19.4 Å². The molecule has 0 spiro atoms. The van der Waals surface area contributed by atoms with Crippen LogP contribution in [0.2, 0.25) is 0 Å². The van der Waals surface area contributed by atoms with Gasteiger partial charge in [0.2, 0.25) is 0 Å². The Morgan fingerprint density at radius 2 is 2.35 bits per heavy atom. The van der Waals surface area contributed by atoms with Crippen LogP contribution < -0.4 is 0 Å². The Labute approximate surface area is 119 Å². The van der Waals surface area contributed by atoms with Crippen molar-refractivity contribution in [3.05, 3.63) is 18.0 Å². The van der Waals surface area contributed by atoms with E-state index in [9.17, 15) is 9.90 Å². The summed E-state index contributed by atoms with van der Waals surface area (Å²) >= 11 is 0. The Hall–Kier alpha value is -1.40. The molecule has 0 saturated carbocycles. The molecule has 0 amide bonds. The third-order valence-electron chi connectivity index (χ3n) is 3.48. The van der Waals surface area contributed by atoms with Gasteiger partial charge in [-0.25, -0.2) is 0 Å². The van der Waals surface area contributed by atoms with Gasteiger partial charge < -0.3 is 9.84 Å². The highest BCUT2D eigenvalue weighted by Crippen LogP contribution is 2.21. The largest absolute Gasteiger partial charge is 0.468 e. The highest BCUT2D eigenvalue weighted by Gasteiger charge is 2.36. The number of hydrogen-bond donors (Lipinski definition) is 1. The molecule has 2 atom stereocenters. The van der Waals surface area contributed by atoms with E-state index >= 15 is 0 Å². The van der Waals surface area contributed by atoms with Crippen LogP contribution in [0.4, 0.5) is 0 Å². The number of methoxy groups -OCH3 is 1. The van der Waals surface area contributed by atoms with Crippen molar-refractivity contribution in [2.45, 2.75) is 45.5 Å². The average molecular weight is 281 g/mol. The molecule has 1 fully saturated rings. The summed E-state index contributed by atoms with van der Waals surface area (Å²) in [5, 5.41) is 14.1. The lowest BCUT2D eigenvalue weighted by molar-refractivity contribution is -0.146. The Bertz CT molecular complexity index is 458. The molecule has 0 aliphatic carbocycles. The monoisotopic (exact) mass is 281 g/mol. The maximum Gasteiger partial charge on any atom is 0.323 e. The fraction of sp³-hybridized carbons (Fsp3) is 0.714. The van der Waals surface area contributed by atoms with E-state index in [0.717, 1.165) is 12.1 Å². The Balaban J connectivity index is 2.00. The van der Waals surface area contributed by atoms with Gasteiger partial charge >= 0.3 is 5.97 Å². The normalized spacial score (nSPS) is 23.4. The molecule has 20 heavy (non-hydrogen) atoms. The van der Waals surface area contributed by atoms with Crippen LogP contribution in [0.15, 0.2) is 12.4 Å². The predicted octanol–water partition coefficient (Wildman–Crippen LogP) is 0.647. The van der Waals surface area contributed by atoms with Crippen molar-refractivity contribution < 1.29 is 14.6 Å². The molecule has 112 valence electrons. The second-order valence-electron chi connectivity index (χ2n) is 5.82. The molecule has 1 aromatic heterocycles. The smallest absolute Gasteiger partial charge is 0.323 e. The molecule has 0 aromatic carbocycles. The topological polar surface area (TPSA) is 67.6 Å². The maximum absolute atomic E-state index is 11.7. The molecule has 0 unspecified atom stereocenters. The lowest BCUT2D eigenvalue weighted by Crippen LogP contribution is -2.36. The van der Waals surface area contributed by atoms with Crippen molar-refractivity contribution in [3.8, 4) is 0 Å². The van der Waals surface area contributed by atoms with Crippen molar-refractivity contribution >= 4 is 5.97 Å². The van der Waals surface area contributed by atoms with Gasteiger partial charge in [0.1, 0.15) is 6.04 Å². The highest BCUT2D eigenvalue weighted by atomic mass is 16.5. The van der Waals surface area contributed by atoms with Crippen molar-refractivity contribution in [3.63, 3.8) is 0 Å². The number of hydrogen-bond acceptors (Lipinski definition) is 5. The van der Waals surface area contributed by atoms with Crippen molar-refractivity contribution in [2.75, 3.05) is 13.7 Å². The summed E-state index contributed by atoms with van der Waals surface area (Å²) in [5.74, 6) is 0.260. The minimum Gasteiger partial charge on any atom is -0.468 e. The van der Waals surface area contributed by atoms with Crippen molar-refractivity contribution in [1.82, 2.24) is 14.7 Å². The van der Waals surface area contributed by atoms with Gasteiger partial charge in [0.15, 0.2) is 0 Å². The van der Waals surface area contributed by atoms with E-state index < -0.39 is 6.10 Å². The zero-order valence-corrected chi connectivity index (χ0v) is 12.3. The molecule has 1 aromatic rings. The summed E-state index contributed by atoms with van der Waals surface area (Å²) in [5.41, 5.74) is 1.05. The van der Waals surface area contributed by atoms with Crippen molar-refractivity contribution in [2.24, 2.45) is 5.92 Å². The average Bonchev–Trinajstić information content (AvgIpc) is 2.95. The molecule has 1 saturated heterocycles. The molecular weight excluding hydrogens is 258 g/mol. The number of aliphatic hydroxyl groups excluding tert-OH is 1. The first-order valence-corrected chi connectivity index (χ1v) is 7.01. The summed E-state index contributed by atoms with van der Waals surface area (Å²) in [6.45, 7) is 6.27. The number of likely N-dealkylation sites (tertiary alicyclic amines) is 1. The molecule has 1 N–H and O–H groups in total. The quantitative estimate of drug-likeness (QED) is 0.803. The van der Waals surface area contributed by atoms with Gasteiger partial charge in [-0.3, -0.25) is 14.4 Å². The highest BCUT2D eigenvalue weighted by molar-refractivity contribution is 5.76. The van der Waals surface area contributed by atoms with Crippen molar-refractivity contribution in [1.29, 1.82) is 0 Å². The first-order chi connectivity index (χ1) is 9.49. The zero-order chi connectivity index (χ0) is 14.7. The molecule has 2 heterocycles. The van der Waals surface area contributed by atoms with Crippen LogP contribution in [0.25, 0.3) is 0 Å². The number of carbonyl (C=O) groups is 1. The van der Waals surface area contributed by atoms with E-state index in [1.165, 1.54) is 7.11 Å². The van der Waals surface area contributed by atoms with E-state index in [2.05, 4.69) is 18.9 Å². The molecule has 2 rings (SSSR count). The Kier molecular flexibility index (Phi) is 4.77. The van der Waals surface area contributed by atoms with Gasteiger partial charge in [-0.15, -0.1) is 0 Å². The van der Waals surface area contributed by atoms with Gasteiger partial charge in [-0.1, -0.05) is 13.8 Å². The number of esters is 1.